The number of carbonyl (C=O) groups is 3. The van der Waals surface area contributed by atoms with Crippen molar-refractivity contribution in [2.45, 2.75) is 19.4 Å². The molecule has 0 spiro atoms. The molecule has 0 aromatic carbocycles. The lowest BCUT2D eigenvalue weighted by molar-refractivity contribution is -0.137. The van der Waals surface area contributed by atoms with Crippen LogP contribution in [0.3, 0.4) is 0 Å². The molecule has 0 radical (unpaired) electrons. The summed E-state index contributed by atoms with van der Waals surface area (Å²) in [6.07, 6.45) is 3.31. The highest BCUT2D eigenvalue weighted by atomic mass is 32.1. The molecule has 1 unspecified atom stereocenters. The van der Waals surface area contributed by atoms with Gasteiger partial charge in [0.25, 0.3) is 11.8 Å². The number of primary amides is 1. The molecule has 0 aliphatic carbocycles. The lowest BCUT2D eigenvalue weighted by Crippen LogP contribution is -2.47. The van der Waals surface area contributed by atoms with E-state index in [0.29, 0.717) is 11.5 Å². The first-order chi connectivity index (χ1) is 13.0. The van der Waals surface area contributed by atoms with Gasteiger partial charge in [-0.1, -0.05) is 12.1 Å². The Morgan fingerprint density at radius 2 is 2.04 bits per heavy atom. The van der Waals surface area contributed by atoms with E-state index in [0.717, 1.165) is 4.88 Å². The Morgan fingerprint density at radius 1 is 1.22 bits per heavy atom. The number of hydrogen-bond acceptors (Lipinski definition) is 6. The topological polar surface area (TPSA) is 120 Å². The van der Waals surface area contributed by atoms with E-state index in [1.807, 2.05) is 17.5 Å². The number of thiophene rings is 1. The molecule has 1 atom stereocenters. The molecule has 0 saturated heterocycles. The molecule has 2 amide bonds. The molecule has 3 aromatic rings. The molecular formula is C18H17N5O3S. The molecule has 8 nitrogen and oxygen atoms in total. The maximum Gasteiger partial charge on any atom is 0.288 e. The van der Waals surface area contributed by atoms with Gasteiger partial charge in [-0.2, -0.15) is 0 Å². The lowest BCUT2D eigenvalue weighted by atomic mass is 10.1. The van der Waals surface area contributed by atoms with Crippen LogP contribution in [0.15, 0.2) is 48.1 Å². The Labute approximate surface area is 159 Å². The highest BCUT2D eigenvalue weighted by molar-refractivity contribution is 7.09. The van der Waals surface area contributed by atoms with Crippen LogP contribution in [0.1, 0.15) is 21.2 Å². The van der Waals surface area contributed by atoms with Crippen molar-refractivity contribution in [1.29, 1.82) is 0 Å². The number of Topliss-reactive ketones (excluding diaryl/α,β-unsaturated/α-hetero) is 1. The Morgan fingerprint density at radius 3 is 2.67 bits per heavy atom. The van der Waals surface area contributed by atoms with Crippen LogP contribution < -0.4 is 11.1 Å². The molecular weight excluding hydrogens is 366 g/mol. The minimum Gasteiger partial charge on any atom is -0.363 e. The fraction of sp³-hybridized carbons (Fsp3) is 0.167. The first-order valence-corrected chi connectivity index (χ1v) is 8.98. The van der Waals surface area contributed by atoms with Crippen LogP contribution in [0.4, 0.5) is 0 Å². The number of ketones is 1. The number of pyridine rings is 1. The first kappa shape index (κ1) is 18.5. The van der Waals surface area contributed by atoms with Crippen molar-refractivity contribution >= 4 is 28.9 Å². The summed E-state index contributed by atoms with van der Waals surface area (Å²) in [4.78, 5) is 45.6. The average Bonchev–Trinajstić information content (AvgIpc) is 3.30. The maximum absolute atomic E-state index is 12.8. The number of aromatic nitrogens is 3. The van der Waals surface area contributed by atoms with Gasteiger partial charge in [0, 0.05) is 29.4 Å². The van der Waals surface area contributed by atoms with Crippen LogP contribution in [-0.4, -0.2) is 38.2 Å². The van der Waals surface area contributed by atoms with Crippen molar-refractivity contribution in [2.75, 3.05) is 0 Å². The van der Waals surface area contributed by atoms with Crippen molar-refractivity contribution in [3.05, 3.63) is 64.5 Å². The summed E-state index contributed by atoms with van der Waals surface area (Å²) in [5, 5.41) is 4.43. The molecule has 9 heteroatoms. The van der Waals surface area contributed by atoms with Gasteiger partial charge >= 0.3 is 0 Å². The number of aryl methyl sites for hydroxylation is 1. The Balaban J connectivity index is 1.88. The molecule has 3 heterocycles. The maximum atomic E-state index is 12.8. The van der Waals surface area contributed by atoms with Crippen molar-refractivity contribution < 1.29 is 14.4 Å². The van der Waals surface area contributed by atoms with Crippen LogP contribution in [0, 0.1) is 6.92 Å². The van der Waals surface area contributed by atoms with E-state index < -0.39 is 23.6 Å². The van der Waals surface area contributed by atoms with E-state index in [-0.39, 0.29) is 12.2 Å². The number of imidazole rings is 1. The minimum atomic E-state index is -1.10. The molecule has 0 saturated carbocycles. The zero-order valence-electron chi connectivity index (χ0n) is 14.5. The summed E-state index contributed by atoms with van der Waals surface area (Å²) in [6.45, 7) is 1.79. The van der Waals surface area contributed by atoms with Crippen molar-refractivity contribution in [1.82, 2.24) is 19.9 Å². The Bertz CT molecular complexity index is 966. The van der Waals surface area contributed by atoms with Gasteiger partial charge in [-0.3, -0.25) is 19.0 Å². The standard InChI is InChI=1S/C18H17N5O3S/c1-11-10-21-17(23(11)14-6-2-3-7-20-14)18(26)22-13(15(24)16(19)25)9-12-5-4-8-27-12/h2-8,10,13H,9H2,1H3,(H2,19,25)(H,22,26). The monoisotopic (exact) mass is 383 g/mol. The molecule has 3 N–H and O–H groups in total. The number of nitrogens with one attached hydrogen (secondary N) is 1. The quantitative estimate of drug-likeness (QED) is 0.591. The molecule has 27 heavy (non-hydrogen) atoms. The normalized spacial score (nSPS) is 11.7. The van der Waals surface area contributed by atoms with Crippen LogP contribution in [-0.2, 0) is 16.0 Å². The second kappa shape index (κ2) is 7.92. The third-order valence-corrected chi connectivity index (χ3v) is 4.77. The van der Waals surface area contributed by atoms with E-state index in [1.54, 1.807) is 35.9 Å². The third-order valence-electron chi connectivity index (χ3n) is 3.87. The molecule has 3 aromatic heterocycles. The second-order valence-electron chi connectivity index (χ2n) is 5.78. The SMILES string of the molecule is Cc1cnc(C(=O)NC(Cc2cccs2)C(=O)C(N)=O)n1-c1ccccn1. The van der Waals surface area contributed by atoms with Crippen LogP contribution in [0.5, 0.6) is 0 Å². The highest BCUT2D eigenvalue weighted by Gasteiger charge is 2.28. The van der Waals surface area contributed by atoms with Crippen LogP contribution in [0.2, 0.25) is 0 Å². The van der Waals surface area contributed by atoms with Crippen molar-refractivity contribution in [3.8, 4) is 5.82 Å². The van der Waals surface area contributed by atoms with E-state index in [2.05, 4.69) is 15.3 Å². The van der Waals surface area contributed by atoms with E-state index in [4.69, 9.17) is 5.73 Å². The largest absolute Gasteiger partial charge is 0.363 e. The molecule has 0 aliphatic rings. The van der Waals surface area contributed by atoms with Gasteiger partial charge in [0.2, 0.25) is 11.6 Å². The predicted molar refractivity (Wildman–Crippen MR) is 99.6 cm³/mol. The molecule has 3 rings (SSSR count). The second-order valence-corrected chi connectivity index (χ2v) is 6.82. The summed E-state index contributed by atoms with van der Waals surface area (Å²) in [5.74, 6) is -1.95. The van der Waals surface area contributed by atoms with Gasteiger partial charge in [-0.05, 0) is 30.5 Å². The summed E-state index contributed by atoms with van der Waals surface area (Å²) in [5.41, 5.74) is 5.84. The highest BCUT2D eigenvalue weighted by Crippen LogP contribution is 2.14. The lowest BCUT2D eigenvalue weighted by Gasteiger charge is -2.16. The van der Waals surface area contributed by atoms with Gasteiger partial charge in [0.1, 0.15) is 11.9 Å². The Hall–Kier alpha value is -3.33. The molecule has 138 valence electrons. The average molecular weight is 383 g/mol. The van der Waals surface area contributed by atoms with Gasteiger partial charge < -0.3 is 11.1 Å². The van der Waals surface area contributed by atoms with Crippen LogP contribution in [0.25, 0.3) is 5.82 Å². The summed E-state index contributed by atoms with van der Waals surface area (Å²) in [7, 11) is 0. The zero-order valence-corrected chi connectivity index (χ0v) is 15.3. The smallest absolute Gasteiger partial charge is 0.288 e. The van der Waals surface area contributed by atoms with E-state index >= 15 is 0 Å². The molecule has 0 bridgehead atoms. The zero-order chi connectivity index (χ0) is 19.4. The summed E-state index contributed by atoms with van der Waals surface area (Å²) in [6, 6.07) is 7.87. The van der Waals surface area contributed by atoms with Gasteiger partial charge in [-0.15, -0.1) is 11.3 Å². The minimum absolute atomic E-state index is 0.0691. The Kier molecular flexibility index (Phi) is 5.41. The number of nitrogens with two attached hydrogens (primary N) is 1. The summed E-state index contributed by atoms with van der Waals surface area (Å²) >= 11 is 1.42. The van der Waals surface area contributed by atoms with E-state index in [1.165, 1.54) is 17.5 Å². The van der Waals surface area contributed by atoms with Crippen molar-refractivity contribution in [3.63, 3.8) is 0 Å². The van der Waals surface area contributed by atoms with Gasteiger partial charge in [0.05, 0.1) is 0 Å². The number of hydrogen-bond donors (Lipinski definition) is 2. The first-order valence-electron chi connectivity index (χ1n) is 8.10. The van der Waals surface area contributed by atoms with E-state index in [9.17, 15) is 14.4 Å². The molecule has 0 fully saturated rings. The fourth-order valence-electron chi connectivity index (χ4n) is 2.61. The number of rotatable bonds is 7. The van der Waals surface area contributed by atoms with Gasteiger partial charge in [-0.25, -0.2) is 9.97 Å². The summed E-state index contributed by atoms with van der Waals surface area (Å²) < 4.78 is 1.58. The number of amides is 2. The van der Waals surface area contributed by atoms with Crippen molar-refractivity contribution in [2.24, 2.45) is 5.73 Å². The third kappa shape index (κ3) is 4.09. The number of carbonyl (C=O) groups excluding carboxylic acids is 3. The van der Waals surface area contributed by atoms with Gasteiger partial charge in [0.15, 0.2) is 0 Å². The number of nitrogens with zero attached hydrogens (tertiary/aromatic N) is 3. The predicted octanol–water partition coefficient (Wildman–Crippen LogP) is 1.03. The fourth-order valence-corrected chi connectivity index (χ4v) is 3.36. The molecule has 0 aliphatic heterocycles. The van der Waals surface area contributed by atoms with Crippen LogP contribution >= 0.6 is 11.3 Å².